The highest BCUT2D eigenvalue weighted by atomic mass is 35.5. The molecular weight excluding hydrogens is 270 g/mol. The van der Waals surface area contributed by atoms with Gasteiger partial charge in [-0.15, -0.1) is 0 Å². The molecule has 0 fully saturated rings. The summed E-state index contributed by atoms with van der Waals surface area (Å²) in [5.41, 5.74) is 0.226. The first-order valence-corrected chi connectivity index (χ1v) is 5.63. The van der Waals surface area contributed by atoms with Gasteiger partial charge in [-0.1, -0.05) is 35.3 Å². The van der Waals surface area contributed by atoms with Crippen LogP contribution in [0.25, 0.3) is 0 Å². The summed E-state index contributed by atoms with van der Waals surface area (Å²) in [4.78, 5) is 11.4. The highest BCUT2D eigenvalue weighted by molar-refractivity contribution is 6.58. The lowest BCUT2D eigenvalue weighted by molar-refractivity contribution is -0.146. The molecule has 0 bridgehead atoms. The van der Waals surface area contributed by atoms with E-state index in [1.54, 1.807) is 6.92 Å². The van der Waals surface area contributed by atoms with Gasteiger partial charge in [0.2, 0.25) is 4.33 Å². The first-order valence-electron chi connectivity index (χ1n) is 4.88. The van der Waals surface area contributed by atoms with Gasteiger partial charge < -0.3 is 9.84 Å². The molecular formula is C11H11Cl2FO3. The summed E-state index contributed by atoms with van der Waals surface area (Å²) >= 11 is 11.5. The summed E-state index contributed by atoms with van der Waals surface area (Å²) in [5.74, 6) is -1.41. The summed E-state index contributed by atoms with van der Waals surface area (Å²) in [5, 5.41) is 9.85. The predicted octanol–water partition coefficient (Wildman–Crippen LogP) is 2.60. The quantitative estimate of drug-likeness (QED) is 0.681. The third-order valence-corrected chi connectivity index (χ3v) is 2.80. The van der Waals surface area contributed by atoms with E-state index in [4.69, 9.17) is 23.2 Å². The van der Waals surface area contributed by atoms with Gasteiger partial charge in [-0.05, 0) is 24.6 Å². The average molecular weight is 281 g/mol. The molecule has 0 aliphatic rings. The van der Waals surface area contributed by atoms with Crippen molar-refractivity contribution in [1.82, 2.24) is 0 Å². The third-order valence-electron chi connectivity index (χ3n) is 2.08. The normalized spacial score (nSPS) is 13.2. The topological polar surface area (TPSA) is 46.5 Å². The molecule has 17 heavy (non-hydrogen) atoms. The van der Waals surface area contributed by atoms with Crippen molar-refractivity contribution in [3.05, 3.63) is 35.6 Å². The monoisotopic (exact) mass is 280 g/mol. The summed E-state index contributed by atoms with van der Waals surface area (Å²) < 4.78 is 15.2. The molecule has 94 valence electrons. The standard InChI is InChI=1S/C11H11Cl2FO3/c1-2-17-10(16)11(12,13)9(15)7-3-5-8(14)6-4-7/h3-6,9,15H,2H2,1H3. The number of ether oxygens (including phenoxy) is 1. The van der Waals surface area contributed by atoms with Gasteiger partial charge >= 0.3 is 5.97 Å². The van der Waals surface area contributed by atoms with E-state index in [0.717, 1.165) is 12.1 Å². The Hall–Kier alpha value is -0.840. The molecule has 0 saturated heterocycles. The van der Waals surface area contributed by atoms with E-state index in [1.807, 2.05) is 0 Å². The summed E-state index contributed by atoms with van der Waals surface area (Å²) in [6.07, 6.45) is -1.49. The van der Waals surface area contributed by atoms with Gasteiger partial charge in [-0.2, -0.15) is 0 Å². The lowest BCUT2D eigenvalue weighted by atomic mass is 10.1. The van der Waals surface area contributed by atoms with Gasteiger partial charge in [0.05, 0.1) is 6.61 Å². The smallest absolute Gasteiger partial charge is 0.345 e. The molecule has 0 aromatic heterocycles. The van der Waals surface area contributed by atoms with Crippen LogP contribution in [0.3, 0.4) is 0 Å². The fraction of sp³-hybridized carbons (Fsp3) is 0.364. The molecule has 1 atom stereocenters. The zero-order chi connectivity index (χ0) is 13.1. The first-order chi connectivity index (χ1) is 7.89. The highest BCUT2D eigenvalue weighted by Crippen LogP contribution is 2.37. The summed E-state index contributed by atoms with van der Waals surface area (Å²) in [6, 6.07) is 4.85. The van der Waals surface area contributed by atoms with E-state index >= 15 is 0 Å². The lowest BCUT2D eigenvalue weighted by Gasteiger charge is -2.23. The number of aliphatic hydroxyl groups excluding tert-OH is 1. The minimum absolute atomic E-state index is 0.0934. The second-order valence-electron chi connectivity index (χ2n) is 3.30. The Morgan fingerprint density at radius 3 is 2.47 bits per heavy atom. The van der Waals surface area contributed by atoms with Crippen LogP contribution >= 0.6 is 23.2 Å². The van der Waals surface area contributed by atoms with E-state index in [1.165, 1.54) is 12.1 Å². The molecule has 1 aromatic carbocycles. The number of halogens is 3. The lowest BCUT2D eigenvalue weighted by Crippen LogP contribution is -2.35. The van der Waals surface area contributed by atoms with Gasteiger partial charge in [-0.3, -0.25) is 0 Å². The van der Waals surface area contributed by atoms with Gasteiger partial charge in [0.15, 0.2) is 0 Å². The van der Waals surface area contributed by atoms with Crippen LogP contribution < -0.4 is 0 Å². The minimum atomic E-state index is -2.12. The van der Waals surface area contributed by atoms with Crippen molar-refractivity contribution in [1.29, 1.82) is 0 Å². The molecule has 0 spiro atoms. The van der Waals surface area contributed by atoms with Crippen molar-refractivity contribution in [3.8, 4) is 0 Å². The summed E-state index contributed by atoms with van der Waals surface area (Å²) in [6.45, 7) is 1.68. The van der Waals surface area contributed by atoms with Gasteiger partial charge in [0.25, 0.3) is 0 Å². The van der Waals surface area contributed by atoms with Crippen molar-refractivity contribution in [2.45, 2.75) is 17.4 Å². The minimum Gasteiger partial charge on any atom is -0.464 e. The van der Waals surface area contributed by atoms with Crippen LogP contribution in [0.1, 0.15) is 18.6 Å². The number of rotatable bonds is 4. The van der Waals surface area contributed by atoms with Crippen LogP contribution in [0.5, 0.6) is 0 Å². The maximum atomic E-state index is 12.7. The van der Waals surface area contributed by atoms with Crippen molar-refractivity contribution in [3.63, 3.8) is 0 Å². The number of hydrogen-bond donors (Lipinski definition) is 1. The summed E-state index contributed by atoms with van der Waals surface area (Å²) in [7, 11) is 0. The predicted molar refractivity (Wildman–Crippen MR) is 62.4 cm³/mol. The van der Waals surface area contributed by atoms with Crippen LogP contribution in [-0.4, -0.2) is 22.0 Å². The number of benzene rings is 1. The molecule has 0 heterocycles. The number of aliphatic hydroxyl groups is 1. The molecule has 1 aromatic rings. The molecule has 1 rings (SSSR count). The molecule has 1 unspecified atom stereocenters. The molecule has 0 aliphatic carbocycles. The van der Waals surface area contributed by atoms with Gasteiger partial charge in [0, 0.05) is 0 Å². The van der Waals surface area contributed by atoms with Crippen LogP contribution in [0.4, 0.5) is 4.39 Å². The maximum Gasteiger partial charge on any atom is 0.345 e. The van der Waals surface area contributed by atoms with Gasteiger partial charge in [0.1, 0.15) is 11.9 Å². The fourth-order valence-electron chi connectivity index (χ4n) is 1.19. The fourth-order valence-corrected chi connectivity index (χ4v) is 1.55. The number of alkyl halides is 2. The SMILES string of the molecule is CCOC(=O)C(Cl)(Cl)C(O)c1ccc(F)cc1. The molecule has 0 radical (unpaired) electrons. The maximum absolute atomic E-state index is 12.7. The van der Waals surface area contributed by atoms with E-state index < -0.39 is 22.2 Å². The molecule has 1 N–H and O–H groups in total. The second kappa shape index (κ2) is 5.67. The van der Waals surface area contributed by atoms with E-state index in [-0.39, 0.29) is 12.2 Å². The highest BCUT2D eigenvalue weighted by Gasteiger charge is 2.44. The van der Waals surface area contributed by atoms with Crippen molar-refractivity contribution < 1.29 is 19.0 Å². The average Bonchev–Trinajstić information content (AvgIpc) is 2.29. The van der Waals surface area contributed by atoms with Crippen LogP contribution in [0, 0.1) is 5.82 Å². The molecule has 3 nitrogen and oxygen atoms in total. The zero-order valence-electron chi connectivity index (χ0n) is 8.99. The number of carbonyl (C=O) groups is 1. The van der Waals surface area contributed by atoms with E-state index in [2.05, 4.69) is 4.74 Å². The Bertz CT molecular complexity index is 392. The number of hydrogen-bond acceptors (Lipinski definition) is 3. The largest absolute Gasteiger partial charge is 0.464 e. The number of esters is 1. The molecule has 0 saturated carbocycles. The Labute approximate surface area is 108 Å². The Morgan fingerprint density at radius 2 is 2.00 bits per heavy atom. The first kappa shape index (κ1) is 14.2. The van der Waals surface area contributed by atoms with Gasteiger partial charge in [-0.25, -0.2) is 9.18 Å². The molecule has 0 amide bonds. The van der Waals surface area contributed by atoms with Crippen LogP contribution in [-0.2, 0) is 9.53 Å². The van der Waals surface area contributed by atoms with E-state index in [0.29, 0.717) is 0 Å². The van der Waals surface area contributed by atoms with E-state index in [9.17, 15) is 14.3 Å². The Kier molecular flexibility index (Phi) is 4.74. The van der Waals surface area contributed by atoms with Crippen molar-refractivity contribution in [2.75, 3.05) is 6.61 Å². The number of carbonyl (C=O) groups excluding carboxylic acids is 1. The van der Waals surface area contributed by atoms with Crippen LogP contribution in [0.2, 0.25) is 0 Å². The van der Waals surface area contributed by atoms with Crippen molar-refractivity contribution in [2.24, 2.45) is 0 Å². The van der Waals surface area contributed by atoms with Crippen LogP contribution in [0.15, 0.2) is 24.3 Å². The molecule has 0 aliphatic heterocycles. The Balaban J connectivity index is 2.91. The Morgan fingerprint density at radius 1 is 1.47 bits per heavy atom. The third kappa shape index (κ3) is 3.31. The second-order valence-corrected chi connectivity index (χ2v) is 4.68. The van der Waals surface area contributed by atoms with Crippen molar-refractivity contribution >= 4 is 29.2 Å². The zero-order valence-corrected chi connectivity index (χ0v) is 10.5. The molecule has 6 heteroatoms.